The van der Waals surface area contributed by atoms with Crippen molar-refractivity contribution < 1.29 is 18.7 Å². The summed E-state index contributed by atoms with van der Waals surface area (Å²) >= 11 is 0. The Balaban J connectivity index is 1.67. The molecule has 1 aromatic heterocycles. The van der Waals surface area contributed by atoms with E-state index in [4.69, 9.17) is 4.74 Å². The van der Waals surface area contributed by atoms with E-state index in [-0.39, 0.29) is 23.7 Å². The summed E-state index contributed by atoms with van der Waals surface area (Å²) in [4.78, 5) is 24.5. The molecule has 0 unspecified atom stereocenters. The summed E-state index contributed by atoms with van der Waals surface area (Å²) in [6.45, 7) is 5.18. The number of ether oxygens (including phenoxy) is 1. The molecule has 0 saturated carbocycles. The van der Waals surface area contributed by atoms with Gasteiger partial charge in [0.1, 0.15) is 17.7 Å². The first kappa shape index (κ1) is 20.9. The van der Waals surface area contributed by atoms with E-state index in [2.05, 4.69) is 26.2 Å². The van der Waals surface area contributed by atoms with Crippen LogP contribution in [0.3, 0.4) is 0 Å². The van der Waals surface area contributed by atoms with Crippen molar-refractivity contribution in [2.45, 2.75) is 32.8 Å². The molecule has 0 atom stereocenters. The molecule has 0 saturated heterocycles. The number of aromatic nitrogens is 4. The van der Waals surface area contributed by atoms with Gasteiger partial charge in [-0.1, -0.05) is 12.1 Å². The lowest BCUT2D eigenvalue weighted by atomic mass is 10.1. The molecule has 0 aliphatic heterocycles. The first-order chi connectivity index (χ1) is 14.2. The van der Waals surface area contributed by atoms with Crippen molar-refractivity contribution in [2.24, 2.45) is 0 Å². The fourth-order valence-corrected chi connectivity index (χ4v) is 2.57. The highest BCUT2D eigenvalue weighted by atomic mass is 19.1. The van der Waals surface area contributed by atoms with Crippen LogP contribution < -0.4 is 10.6 Å². The van der Waals surface area contributed by atoms with E-state index in [1.54, 1.807) is 45.0 Å². The Hall–Kier alpha value is -3.82. The minimum atomic E-state index is -0.706. The van der Waals surface area contributed by atoms with E-state index in [0.29, 0.717) is 0 Å². The maximum absolute atomic E-state index is 13.7. The molecule has 1 heterocycles. The molecule has 2 aromatic carbocycles. The topological polar surface area (TPSA) is 111 Å². The molecule has 0 spiro atoms. The normalized spacial score (nSPS) is 11.1. The van der Waals surface area contributed by atoms with Crippen LogP contribution in [0.1, 0.15) is 26.3 Å². The van der Waals surface area contributed by atoms with Crippen molar-refractivity contribution >= 4 is 23.4 Å². The summed E-state index contributed by atoms with van der Waals surface area (Å²) in [5.74, 6) is -0.922. The average molecular weight is 412 g/mol. The number of nitrogens with one attached hydrogen (secondary N) is 2. The van der Waals surface area contributed by atoms with Gasteiger partial charge in [0.25, 0.3) is 0 Å². The number of anilines is 2. The summed E-state index contributed by atoms with van der Waals surface area (Å²) in [5.41, 5.74) is 1.16. The largest absolute Gasteiger partial charge is 0.444 e. The van der Waals surface area contributed by atoms with Crippen molar-refractivity contribution in [3.05, 3.63) is 60.2 Å². The van der Waals surface area contributed by atoms with Crippen LogP contribution in [0.2, 0.25) is 0 Å². The number of carbonyl (C=O) groups is 2. The third-order valence-corrected chi connectivity index (χ3v) is 3.81. The molecular weight excluding hydrogens is 391 g/mol. The Morgan fingerprint density at radius 3 is 2.43 bits per heavy atom. The van der Waals surface area contributed by atoms with E-state index < -0.39 is 17.5 Å². The molecule has 30 heavy (non-hydrogen) atoms. The van der Waals surface area contributed by atoms with Crippen LogP contribution in [0, 0.1) is 5.82 Å². The Kier molecular flexibility index (Phi) is 6.05. The fraction of sp³-hybridized carbons (Fsp3) is 0.250. The molecule has 0 bridgehead atoms. The monoisotopic (exact) mass is 412 g/mol. The van der Waals surface area contributed by atoms with Crippen LogP contribution in [0.5, 0.6) is 0 Å². The van der Waals surface area contributed by atoms with E-state index in [1.165, 1.54) is 23.1 Å². The molecule has 3 aromatic rings. The number of rotatable bonds is 5. The van der Waals surface area contributed by atoms with Gasteiger partial charge < -0.3 is 10.1 Å². The lowest BCUT2D eigenvalue weighted by molar-refractivity contribution is -0.115. The highest BCUT2D eigenvalue weighted by Gasteiger charge is 2.18. The second kappa shape index (κ2) is 8.68. The zero-order chi connectivity index (χ0) is 21.7. The number of hydrogen-bond acceptors (Lipinski definition) is 6. The van der Waals surface area contributed by atoms with Crippen LogP contribution in [-0.4, -0.2) is 37.8 Å². The molecule has 2 amide bonds. The zero-order valence-corrected chi connectivity index (χ0v) is 16.7. The van der Waals surface area contributed by atoms with Crippen LogP contribution in [0.15, 0.2) is 48.8 Å². The van der Waals surface area contributed by atoms with Crippen LogP contribution in [0.25, 0.3) is 5.69 Å². The molecule has 0 fully saturated rings. The zero-order valence-electron chi connectivity index (χ0n) is 16.7. The van der Waals surface area contributed by atoms with Gasteiger partial charge >= 0.3 is 6.09 Å². The van der Waals surface area contributed by atoms with Crippen LogP contribution in [0.4, 0.5) is 20.6 Å². The number of halogens is 1. The number of benzene rings is 2. The van der Waals surface area contributed by atoms with Crippen molar-refractivity contribution in [3.63, 3.8) is 0 Å². The highest BCUT2D eigenvalue weighted by molar-refractivity contribution is 5.98. The van der Waals surface area contributed by atoms with Gasteiger partial charge in [-0.15, -0.1) is 5.10 Å². The molecule has 9 nitrogen and oxygen atoms in total. The Morgan fingerprint density at radius 2 is 1.80 bits per heavy atom. The summed E-state index contributed by atoms with van der Waals surface area (Å²) in [7, 11) is 0. The molecule has 0 aliphatic carbocycles. The molecular formula is C20H21FN6O3. The summed E-state index contributed by atoms with van der Waals surface area (Å²) < 4.78 is 20.4. The van der Waals surface area contributed by atoms with Crippen LogP contribution >= 0.6 is 0 Å². The second-order valence-corrected chi connectivity index (χ2v) is 7.46. The van der Waals surface area contributed by atoms with Crippen molar-refractivity contribution in [3.8, 4) is 5.69 Å². The SMILES string of the molecule is CC(C)(C)OC(=O)Nc1ccc(F)cc1NC(=O)Cc1ccc(-n2cnnn2)cc1. The molecule has 156 valence electrons. The predicted molar refractivity (Wildman–Crippen MR) is 108 cm³/mol. The van der Waals surface area contributed by atoms with E-state index in [9.17, 15) is 14.0 Å². The maximum Gasteiger partial charge on any atom is 0.412 e. The smallest absolute Gasteiger partial charge is 0.412 e. The van der Waals surface area contributed by atoms with Crippen molar-refractivity contribution in [1.29, 1.82) is 0 Å². The second-order valence-electron chi connectivity index (χ2n) is 7.46. The summed E-state index contributed by atoms with van der Waals surface area (Å²) in [6.07, 6.45) is 0.811. The number of tetrazole rings is 1. The number of carbonyl (C=O) groups excluding carboxylic acids is 2. The Bertz CT molecular complexity index is 1030. The Morgan fingerprint density at radius 1 is 1.07 bits per heavy atom. The number of nitrogens with zero attached hydrogens (tertiary/aromatic N) is 4. The van der Waals surface area contributed by atoms with Gasteiger partial charge in [0.15, 0.2) is 0 Å². The molecule has 3 rings (SSSR count). The molecule has 10 heteroatoms. The van der Waals surface area contributed by atoms with Gasteiger partial charge in [-0.05, 0) is 67.1 Å². The summed E-state index contributed by atoms with van der Waals surface area (Å²) in [5, 5.41) is 16.1. The van der Waals surface area contributed by atoms with E-state index >= 15 is 0 Å². The van der Waals surface area contributed by atoms with Gasteiger partial charge in [-0.2, -0.15) is 0 Å². The third kappa shape index (κ3) is 5.84. The maximum atomic E-state index is 13.7. The van der Waals surface area contributed by atoms with Gasteiger partial charge in [0.05, 0.1) is 23.5 Å². The minimum absolute atomic E-state index is 0.0538. The number of hydrogen-bond donors (Lipinski definition) is 2. The summed E-state index contributed by atoms with van der Waals surface area (Å²) in [6, 6.07) is 10.7. The standard InChI is InChI=1S/C20H21FN6O3/c1-20(2,3)30-19(29)24-16-9-6-14(21)11-17(16)23-18(28)10-13-4-7-15(8-5-13)27-12-22-25-26-27/h4-9,11-12H,10H2,1-3H3,(H,23,28)(H,24,29). The Labute approximate surface area is 172 Å². The van der Waals surface area contributed by atoms with Gasteiger partial charge in [-0.25, -0.2) is 13.9 Å². The average Bonchev–Trinajstić information content (AvgIpc) is 3.18. The van der Waals surface area contributed by atoms with E-state index in [1.807, 2.05) is 0 Å². The van der Waals surface area contributed by atoms with E-state index in [0.717, 1.165) is 17.3 Å². The van der Waals surface area contributed by atoms with Crippen LogP contribution in [-0.2, 0) is 16.0 Å². The van der Waals surface area contributed by atoms with Gasteiger partial charge in [0.2, 0.25) is 5.91 Å². The quantitative estimate of drug-likeness (QED) is 0.665. The number of amides is 2. The lowest BCUT2D eigenvalue weighted by Gasteiger charge is -2.20. The molecule has 2 N–H and O–H groups in total. The predicted octanol–water partition coefficient (Wildman–Crippen LogP) is 3.33. The van der Waals surface area contributed by atoms with Gasteiger partial charge in [-0.3, -0.25) is 10.1 Å². The lowest BCUT2D eigenvalue weighted by Crippen LogP contribution is -2.27. The van der Waals surface area contributed by atoms with Gasteiger partial charge in [0, 0.05) is 0 Å². The molecule has 0 aliphatic rings. The first-order valence-corrected chi connectivity index (χ1v) is 9.11. The molecule has 0 radical (unpaired) electrons. The highest BCUT2D eigenvalue weighted by Crippen LogP contribution is 2.24. The van der Waals surface area contributed by atoms with Crippen molar-refractivity contribution in [1.82, 2.24) is 20.2 Å². The fourth-order valence-electron chi connectivity index (χ4n) is 2.57. The minimum Gasteiger partial charge on any atom is -0.444 e. The van der Waals surface area contributed by atoms with Crippen molar-refractivity contribution in [2.75, 3.05) is 10.6 Å². The first-order valence-electron chi connectivity index (χ1n) is 9.11. The third-order valence-electron chi connectivity index (χ3n) is 3.81.